The SMILES string of the molecule is COC(=O)CCC(=O)N1CCC[C@@H](c2nc(SCCN3CCOCC3)ncc2C)C1. The number of hydrogen-bond acceptors (Lipinski definition) is 8. The van der Waals surface area contributed by atoms with Crippen molar-refractivity contribution < 1.29 is 19.1 Å². The molecule has 1 atom stereocenters. The highest BCUT2D eigenvalue weighted by Crippen LogP contribution is 2.29. The van der Waals surface area contributed by atoms with Crippen LogP contribution in [0.5, 0.6) is 0 Å². The Bertz CT molecular complexity index is 727. The first kappa shape index (κ1) is 23.0. The van der Waals surface area contributed by atoms with Crippen molar-refractivity contribution in [3.63, 3.8) is 0 Å². The van der Waals surface area contributed by atoms with E-state index in [0.29, 0.717) is 6.54 Å². The Morgan fingerprint density at radius 1 is 1.27 bits per heavy atom. The fourth-order valence-corrected chi connectivity index (χ4v) is 4.73. The molecule has 3 rings (SSSR count). The molecule has 0 bridgehead atoms. The zero-order valence-corrected chi connectivity index (χ0v) is 18.8. The minimum atomic E-state index is -0.345. The van der Waals surface area contributed by atoms with E-state index in [0.717, 1.165) is 74.4 Å². The summed E-state index contributed by atoms with van der Waals surface area (Å²) in [4.78, 5) is 37.5. The number of methoxy groups -OCH3 is 1. The minimum Gasteiger partial charge on any atom is -0.469 e. The molecule has 0 unspecified atom stereocenters. The quantitative estimate of drug-likeness (QED) is 0.347. The number of esters is 1. The first-order chi connectivity index (χ1) is 14.6. The number of rotatable bonds is 8. The Morgan fingerprint density at radius 3 is 2.83 bits per heavy atom. The number of aryl methyl sites for hydroxylation is 1. The number of aromatic nitrogens is 2. The second-order valence-corrected chi connectivity index (χ2v) is 8.84. The highest BCUT2D eigenvalue weighted by molar-refractivity contribution is 7.99. The van der Waals surface area contributed by atoms with E-state index in [2.05, 4.69) is 14.6 Å². The molecule has 1 amide bonds. The van der Waals surface area contributed by atoms with Crippen LogP contribution in [0.25, 0.3) is 0 Å². The predicted molar refractivity (Wildman–Crippen MR) is 115 cm³/mol. The van der Waals surface area contributed by atoms with Crippen LogP contribution in [-0.4, -0.2) is 90.4 Å². The van der Waals surface area contributed by atoms with Crippen LogP contribution in [0.3, 0.4) is 0 Å². The molecule has 166 valence electrons. The van der Waals surface area contributed by atoms with Crippen LogP contribution >= 0.6 is 11.8 Å². The Balaban J connectivity index is 1.55. The van der Waals surface area contributed by atoms with E-state index in [4.69, 9.17) is 9.72 Å². The third kappa shape index (κ3) is 6.65. The lowest BCUT2D eigenvalue weighted by Crippen LogP contribution is -2.39. The van der Waals surface area contributed by atoms with E-state index in [1.165, 1.54) is 7.11 Å². The van der Waals surface area contributed by atoms with Crippen molar-refractivity contribution in [1.82, 2.24) is 19.8 Å². The lowest BCUT2D eigenvalue weighted by atomic mass is 9.92. The molecule has 2 aliphatic heterocycles. The van der Waals surface area contributed by atoms with Crippen molar-refractivity contribution in [2.75, 3.05) is 58.8 Å². The average Bonchev–Trinajstić information content (AvgIpc) is 2.79. The summed E-state index contributed by atoms with van der Waals surface area (Å²) >= 11 is 1.69. The summed E-state index contributed by atoms with van der Waals surface area (Å²) in [7, 11) is 1.35. The monoisotopic (exact) mass is 436 g/mol. The van der Waals surface area contributed by atoms with E-state index < -0.39 is 0 Å². The summed E-state index contributed by atoms with van der Waals surface area (Å²) in [6, 6.07) is 0. The first-order valence-electron chi connectivity index (χ1n) is 10.7. The van der Waals surface area contributed by atoms with Crippen molar-refractivity contribution >= 4 is 23.6 Å². The molecule has 30 heavy (non-hydrogen) atoms. The van der Waals surface area contributed by atoms with Gasteiger partial charge in [-0.1, -0.05) is 11.8 Å². The highest BCUT2D eigenvalue weighted by Gasteiger charge is 2.27. The lowest BCUT2D eigenvalue weighted by Gasteiger charge is -2.33. The second-order valence-electron chi connectivity index (χ2n) is 7.78. The molecular weight excluding hydrogens is 404 g/mol. The summed E-state index contributed by atoms with van der Waals surface area (Å²) < 4.78 is 10.0. The normalized spacial score (nSPS) is 20.2. The maximum atomic E-state index is 12.5. The minimum absolute atomic E-state index is 0.0110. The number of morpholine rings is 1. The molecule has 9 heteroatoms. The van der Waals surface area contributed by atoms with Crippen LogP contribution in [0, 0.1) is 6.92 Å². The second kappa shape index (κ2) is 11.6. The maximum absolute atomic E-state index is 12.5. The van der Waals surface area contributed by atoms with E-state index >= 15 is 0 Å². The van der Waals surface area contributed by atoms with Gasteiger partial charge in [0.2, 0.25) is 5.91 Å². The van der Waals surface area contributed by atoms with Gasteiger partial charge in [-0.3, -0.25) is 14.5 Å². The van der Waals surface area contributed by atoms with Gasteiger partial charge in [0.25, 0.3) is 0 Å². The van der Waals surface area contributed by atoms with Crippen LogP contribution in [-0.2, 0) is 19.1 Å². The largest absolute Gasteiger partial charge is 0.469 e. The number of carbonyl (C=O) groups is 2. The van der Waals surface area contributed by atoms with E-state index in [-0.39, 0.29) is 30.6 Å². The van der Waals surface area contributed by atoms with Gasteiger partial charge >= 0.3 is 5.97 Å². The van der Waals surface area contributed by atoms with Gasteiger partial charge in [0, 0.05) is 57.0 Å². The number of thioether (sulfide) groups is 1. The standard InChI is InChI=1S/C21H32N4O4S/c1-16-14-22-21(30-13-10-24-8-11-29-12-9-24)23-20(16)17-4-3-7-25(15-17)18(26)5-6-19(27)28-2/h14,17H,3-13,15H2,1-2H3/t17-/m1/s1. The highest BCUT2D eigenvalue weighted by atomic mass is 32.2. The molecular formula is C21H32N4O4S. The van der Waals surface area contributed by atoms with Crippen LogP contribution in [0.2, 0.25) is 0 Å². The number of amides is 1. The van der Waals surface area contributed by atoms with E-state index in [1.54, 1.807) is 11.8 Å². The number of likely N-dealkylation sites (tertiary alicyclic amines) is 1. The van der Waals surface area contributed by atoms with E-state index in [9.17, 15) is 9.59 Å². The number of ether oxygens (including phenoxy) is 2. The van der Waals surface area contributed by atoms with Gasteiger partial charge in [0.1, 0.15) is 0 Å². The molecule has 2 fully saturated rings. The number of piperidine rings is 1. The van der Waals surface area contributed by atoms with Gasteiger partial charge in [0.15, 0.2) is 5.16 Å². The molecule has 2 aliphatic rings. The fourth-order valence-electron chi connectivity index (χ4n) is 3.91. The Kier molecular flexibility index (Phi) is 8.89. The van der Waals surface area contributed by atoms with Gasteiger partial charge < -0.3 is 14.4 Å². The molecule has 0 aliphatic carbocycles. The van der Waals surface area contributed by atoms with Crippen LogP contribution in [0.15, 0.2) is 11.4 Å². The topological polar surface area (TPSA) is 84.9 Å². The number of hydrogen-bond donors (Lipinski definition) is 0. The zero-order valence-electron chi connectivity index (χ0n) is 18.0. The lowest BCUT2D eigenvalue weighted by molar-refractivity contribution is -0.143. The third-order valence-electron chi connectivity index (χ3n) is 5.66. The summed E-state index contributed by atoms with van der Waals surface area (Å²) in [5.74, 6) is 0.826. The van der Waals surface area contributed by atoms with Crippen molar-refractivity contribution in [1.29, 1.82) is 0 Å². The maximum Gasteiger partial charge on any atom is 0.306 e. The van der Waals surface area contributed by atoms with Gasteiger partial charge in [-0.25, -0.2) is 9.97 Å². The first-order valence-corrected chi connectivity index (χ1v) is 11.7. The average molecular weight is 437 g/mol. The number of carbonyl (C=O) groups excluding carboxylic acids is 2. The molecule has 0 aromatic carbocycles. The predicted octanol–water partition coefficient (Wildman–Crippen LogP) is 1.87. The molecule has 0 radical (unpaired) electrons. The van der Waals surface area contributed by atoms with E-state index in [1.807, 2.05) is 18.0 Å². The van der Waals surface area contributed by atoms with Crippen molar-refractivity contribution in [3.05, 3.63) is 17.5 Å². The summed E-state index contributed by atoms with van der Waals surface area (Å²) in [5, 5.41) is 0.804. The van der Waals surface area contributed by atoms with Crippen molar-refractivity contribution in [3.8, 4) is 0 Å². The summed E-state index contributed by atoms with van der Waals surface area (Å²) in [6.07, 6.45) is 4.18. The van der Waals surface area contributed by atoms with Crippen LogP contribution in [0.4, 0.5) is 0 Å². The van der Waals surface area contributed by atoms with Crippen molar-refractivity contribution in [2.45, 2.75) is 43.7 Å². The fraction of sp³-hybridized carbons (Fsp3) is 0.714. The Morgan fingerprint density at radius 2 is 2.07 bits per heavy atom. The Hall–Kier alpha value is -1.71. The molecule has 1 aromatic heterocycles. The molecule has 0 N–H and O–H groups in total. The van der Waals surface area contributed by atoms with Gasteiger partial charge in [-0.15, -0.1) is 0 Å². The zero-order chi connectivity index (χ0) is 21.3. The van der Waals surface area contributed by atoms with Crippen LogP contribution in [0.1, 0.15) is 42.9 Å². The molecule has 0 saturated carbocycles. The third-order valence-corrected chi connectivity index (χ3v) is 6.50. The van der Waals surface area contributed by atoms with Gasteiger partial charge in [-0.05, 0) is 25.3 Å². The smallest absolute Gasteiger partial charge is 0.306 e. The molecule has 0 spiro atoms. The number of nitrogens with zero attached hydrogens (tertiary/aromatic N) is 4. The Labute approximate surface area is 182 Å². The van der Waals surface area contributed by atoms with Gasteiger partial charge in [0.05, 0.1) is 32.4 Å². The molecule has 2 saturated heterocycles. The van der Waals surface area contributed by atoms with Crippen molar-refractivity contribution in [2.24, 2.45) is 0 Å². The molecule has 1 aromatic rings. The summed E-state index contributed by atoms with van der Waals surface area (Å²) in [5.41, 5.74) is 2.12. The van der Waals surface area contributed by atoms with Crippen LogP contribution < -0.4 is 0 Å². The van der Waals surface area contributed by atoms with Gasteiger partial charge in [-0.2, -0.15) is 0 Å². The molecule has 8 nitrogen and oxygen atoms in total. The molecule has 3 heterocycles. The summed E-state index contributed by atoms with van der Waals surface area (Å²) in [6.45, 7) is 8.03.